The third kappa shape index (κ3) is 6.42. The van der Waals surface area contributed by atoms with E-state index in [0.717, 1.165) is 0 Å². The first kappa shape index (κ1) is 29.5. The van der Waals surface area contributed by atoms with E-state index in [0.29, 0.717) is 50.4 Å². The molecule has 12 heteroatoms. The van der Waals surface area contributed by atoms with Crippen molar-refractivity contribution in [3.8, 4) is 34.0 Å². The molecule has 0 atom stereocenters. The van der Waals surface area contributed by atoms with Crippen molar-refractivity contribution in [1.29, 1.82) is 0 Å². The fraction of sp³-hybridized carbons (Fsp3) is 0.194. The lowest BCUT2D eigenvalue weighted by molar-refractivity contribution is 0.0284. The fourth-order valence-electron chi connectivity index (χ4n) is 4.42. The van der Waals surface area contributed by atoms with Crippen LogP contribution in [-0.4, -0.2) is 47.5 Å². The summed E-state index contributed by atoms with van der Waals surface area (Å²) >= 11 is 6.12. The molecule has 3 aromatic heterocycles. The Morgan fingerprint density at radius 3 is 2.53 bits per heavy atom. The number of hydrogen-bond acceptors (Lipinski definition) is 8. The van der Waals surface area contributed by atoms with Gasteiger partial charge in [0.1, 0.15) is 29.4 Å². The van der Waals surface area contributed by atoms with Gasteiger partial charge in [-0.1, -0.05) is 29.8 Å². The summed E-state index contributed by atoms with van der Waals surface area (Å²) in [6.07, 6.45) is 4.73. The molecule has 220 valence electrons. The molecule has 0 saturated heterocycles. The molecule has 5 aromatic rings. The van der Waals surface area contributed by atoms with Gasteiger partial charge < -0.3 is 20.9 Å². The summed E-state index contributed by atoms with van der Waals surface area (Å²) in [6, 6.07) is 15.5. The quantitative estimate of drug-likeness (QED) is 0.233. The third-order valence-electron chi connectivity index (χ3n) is 6.65. The number of aromatic nitrogens is 5. The predicted octanol–water partition coefficient (Wildman–Crippen LogP) is 4.64. The van der Waals surface area contributed by atoms with Gasteiger partial charge in [0.2, 0.25) is 0 Å². The first-order valence-corrected chi connectivity index (χ1v) is 13.7. The maximum absolute atomic E-state index is 13.3. The van der Waals surface area contributed by atoms with E-state index in [-0.39, 0.29) is 18.0 Å². The van der Waals surface area contributed by atoms with Gasteiger partial charge >= 0.3 is 0 Å². The van der Waals surface area contributed by atoms with Crippen LogP contribution in [-0.2, 0) is 7.05 Å². The van der Waals surface area contributed by atoms with Crippen LogP contribution in [0.3, 0.4) is 0 Å². The summed E-state index contributed by atoms with van der Waals surface area (Å²) < 4.78 is 8.67. The summed E-state index contributed by atoms with van der Waals surface area (Å²) in [7, 11) is 1.71. The number of pyridine rings is 1. The highest BCUT2D eigenvalue weighted by Gasteiger charge is 2.23. The van der Waals surface area contributed by atoms with Gasteiger partial charge in [-0.25, -0.2) is 14.6 Å². The molecule has 0 saturated carbocycles. The zero-order valence-corrected chi connectivity index (χ0v) is 24.8. The topological polar surface area (TPSA) is 150 Å². The Bertz CT molecular complexity index is 1880. The summed E-state index contributed by atoms with van der Waals surface area (Å²) in [4.78, 5) is 39.7. The van der Waals surface area contributed by atoms with Crippen LogP contribution in [0.2, 0.25) is 5.02 Å². The minimum atomic E-state index is -0.994. The molecular formula is C31H30ClN7O4. The van der Waals surface area contributed by atoms with Crippen molar-refractivity contribution in [2.24, 2.45) is 7.05 Å². The molecule has 3 heterocycles. The zero-order chi connectivity index (χ0) is 30.9. The van der Waals surface area contributed by atoms with E-state index in [1.807, 2.05) is 0 Å². The second-order valence-electron chi connectivity index (χ2n) is 10.6. The van der Waals surface area contributed by atoms with Crippen LogP contribution in [0.1, 0.15) is 29.9 Å². The lowest BCUT2D eigenvalue weighted by atomic mass is 10.1. The van der Waals surface area contributed by atoms with Crippen molar-refractivity contribution in [2.75, 3.05) is 17.7 Å². The van der Waals surface area contributed by atoms with E-state index in [4.69, 9.17) is 27.1 Å². The van der Waals surface area contributed by atoms with Crippen LogP contribution in [0.15, 0.2) is 78.0 Å². The molecule has 0 aliphatic heterocycles. The Labute approximate surface area is 252 Å². The van der Waals surface area contributed by atoms with Crippen molar-refractivity contribution >= 4 is 29.0 Å². The van der Waals surface area contributed by atoms with Crippen LogP contribution < -0.4 is 21.3 Å². The highest BCUT2D eigenvalue weighted by Crippen LogP contribution is 2.28. The first-order chi connectivity index (χ1) is 20.4. The number of nitrogens with zero attached hydrogens (tertiary/aromatic N) is 5. The number of carbonyl (C=O) groups is 1. The molecule has 0 aliphatic rings. The lowest BCUT2D eigenvalue weighted by Gasteiger charge is -2.17. The molecule has 0 radical (unpaired) electrons. The maximum atomic E-state index is 13.3. The minimum absolute atomic E-state index is 0.0248. The molecule has 1 amide bonds. The van der Waals surface area contributed by atoms with Crippen LogP contribution in [0.25, 0.3) is 28.2 Å². The van der Waals surface area contributed by atoms with Gasteiger partial charge in [-0.15, -0.1) is 0 Å². The Morgan fingerprint density at radius 2 is 1.84 bits per heavy atom. The molecule has 0 spiro atoms. The molecule has 0 aliphatic carbocycles. The van der Waals surface area contributed by atoms with E-state index in [9.17, 15) is 14.7 Å². The number of benzene rings is 2. The van der Waals surface area contributed by atoms with Crippen LogP contribution in [0.4, 0.5) is 11.5 Å². The summed E-state index contributed by atoms with van der Waals surface area (Å²) in [5.41, 5.74) is 8.58. The highest BCUT2D eigenvalue weighted by molar-refractivity contribution is 6.30. The third-order valence-corrected chi connectivity index (χ3v) is 6.89. The summed E-state index contributed by atoms with van der Waals surface area (Å²) in [6.45, 7) is 5.11. The van der Waals surface area contributed by atoms with Gasteiger partial charge in [-0.05, 0) is 57.2 Å². The van der Waals surface area contributed by atoms with E-state index < -0.39 is 17.1 Å². The van der Waals surface area contributed by atoms with Gasteiger partial charge in [-0.2, -0.15) is 0 Å². The smallest absolute Gasteiger partial charge is 0.284 e. The van der Waals surface area contributed by atoms with Gasteiger partial charge in [0.05, 0.1) is 35.1 Å². The average molecular weight is 600 g/mol. The molecular weight excluding hydrogens is 570 g/mol. The molecule has 0 unspecified atom stereocenters. The van der Waals surface area contributed by atoms with Crippen LogP contribution in [0, 0.1) is 6.92 Å². The Kier molecular flexibility index (Phi) is 8.03. The van der Waals surface area contributed by atoms with Crippen molar-refractivity contribution in [2.45, 2.75) is 26.4 Å². The molecule has 11 nitrogen and oxygen atoms in total. The van der Waals surface area contributed by atoms with Gasteiger partial charge in [0, 0.05) is 35.1 Å². The number of amides is 1. The number of halogens is 1. The molecule has 0 fully saturated rings. The Hall–Kier alpha value is -5.00. The Balaban J connectivity index is 1.37. The summed E-state index contributed by atoms with van der Waals surface area (Å²) in [5.74, 6) is 0.171. The molecule has 5 rings (SSSR count). The van der Waals surface area contributed by atoms with Crippen molar-refractivity contribution in [1.82, 2.24) is 24.3 Å². The number of hydrogen-bond donors (Lipinski definition) is 3. The monoisotopic (exact) mass is 599 g/mol. The van der Waals surface area contributed by atoms with E-state index in [1.165, 1.54) is 4.68 Å². The van der Waals surface area contributed by atoms with E-state index >= 15 is 0 Å². The summed E-state index contributed by atoms with van der Waals surface area (Å²) in [5, 5.41) is 13.2. The first-order valence-electron chi connectivity index (χ1n) is 13.3. The van der Waals surface area contributed by atoms with Crippen molar-refractivity contribution in [3.05, 3.63) is 99.8 Å². The van der Waals surface area contributed by atoms with Gasteiger partial charge in [0.15, 0.2) is 0 Å². The minimum Gasteiger partial charge on any atom is -0.489 e. The number of nitrogen functional groups attached to an aromatic ring is 1. The number of anilines is 2. The van der Waals surface area contributed by atoms with Crippen LogP contribution in [0.5, 0.6) is 5.75 Å². The van der Waals surface area contributed by atoms with Gasteiger partial charge in [0.25, 0.3) is 11.5 Å². The molecule has 0 bridgehead atoms. The van der Waals surface area contributed by atoms with Gasteiger partial charge in [-0.3, -0.25) is 19.3 Å². The van der Waals surface area contributed by atoms with Crippen molar-refractivity contribution in [3.63, 3.8) is 0 Å². The highest BCUT2D eigenvalue weighted by atomic mass is 35.5. The number of nitrogens with two attached hydrogens (primary N) is 1. The molecule has 43 heavy (non-hydrogen) atoms. The van der Waals surface area contributed by atoms with Crippen LogP contribution >= 0.6 is 11.6 Å². The fourth-order valence-corrected chi connectivity index (χ4v) is 4.61. The normalized spacial score (nSPS) is 11.4. The second kappa shape index (κ2) is 11.7. The second-order valence-corrected chi connectivity index (χ2v) is 11.0. The molecule has 4 N–H and O–H groups in total. The maximum Gasteiger partial charge on any atom is 0.284 e. The number of nitrogens with one attached hydrogen (secondary N) is 1. The molecule has 2 aromatic carbocycles. The number of ether oxygens (including phenoxy) is 1. The largest absolute Gasteiger partial charge is 0.489 e. The zero-order valence-electron chi connectivity index (χ0n) is 24.0. The number of aliphatic hydroxyl groups is 1. The SMILES string of the molecule is Cc1c(C(=O)Nc2ccc(-c3nc(-c4cncc(OCC(C)(C)O)c4)cnc3N)cc2)c(=O)n(-c2cccc(Cl)c2)n1C. The standard InChI is InChI=1S/C31H30ClN7O4/c1-18-26(30(41)39(38(18)4)23-7-5-6-21(32)13-23)29(40)36-22-10-8-19(9-11-22)27-28(33)35-16-25(37-27)20-12-24(15-34-14-20)43-17-31(2,3)42/h5-16,42H,17H2,1-4H3,(H2,33,35)(H,36,40). The number of carbonyl (C=O) groups excluding carboxylic acids is 1. The predicted molar refractivity (Wildman–Crippen MR) is 166 cm³/mol. The average Bonchev–Trinajstić information content (AvgIpc) is 3.19. The Morgan fingerprint density at radius 1 is 1.09 bits per heavy atom. The van der Waals surface area contributed by atoms with E-state index in [1.54, 1.807) is 106 Å². The van der Waals surface area contributed by atoms with Crippen molar-refractivity contribution < 1.29 is 14.6 Å². The van der Waals surface area contributed by atoms with E-state index in [2.05, 4.69) is 15.3 Å². The lowest BCUT2D eigenvalue weighted by Crippen LogP contribution is -2.27. The number of rotatable bonds is 8.